The van der Waals surface area contributed by atoms with Gasteiger partial charge in [-0.15, -0.1) is 0 Å². The van der Waals surface area contributed by atoms with Crippen molar-refractivity contribution >= 4 is 14.3 Å². The maximum absolute atomic E-state index is 12.1. The van der Waals surface area contributed by atoms with Gasteiger partial charge in [0, 0.05) is 25.6 Å². The van der Waals surface area contributed by atoms with Gasteiger partial charge in [-0.25, -0.2) is 0 Å². The Kier molecular flexibility index (Phi) is 10.2. The number of ether oxygens (including phenoxy) is 1. The first-order valence-electron chi connectivity index (χ1n) is 7.32. The molecule has 21 heavy (non-hydrogen) atoms. The van der Waals surface area contributed by atoms with Crippen LogP contribution in [0.3, 0.4) is 0 Å². The van der Waals surface area contributed by atoms with Gasteiger partial charge in [-0.1, -0.05) is 37.3 Å². The highest BCUT2D eigenvalue weighted by Crippen LogP contribution is 2.44. The van der Waals surface area contributed by atoms with Crippen LogP contribution in [0.2, 0.25) is 0 Å². The topological polar surface area (TPSA) is 43.4 Å². The molecule has 0 aromatic heterocycles. The summed E-state index contributed by atoms with van der Waals surface area (Å²) in [6, 6.07) is 9.96. The van der Waals surface area contributed by atoms with Gasteiger partial charge < -0.3 is 13.9 Å². The molecule has 0 spiro atoms. The molecule has 122 valence electrons. The molecule has 0 N–H and O–H groups in total. The van der Waals surface area contributed by atoms with Crippen molar-refractivity contribution in [2.24, 2.45) is 0 Å². The minimum atomic E-state index is -2.06. The van der Waals surface area contributed by atoms with E-state index in [0.717, 1.165) is 18.1 Å². The lowest BCUT2D eigenvalue weighted by Gasteiger charge is -2.12. The minimum absolute atomic E-state index is 0.584. The summed E-state index contributed by atoms with van der Waals surface area (Å²) in [5, 5.41) is 0. The van der Waals surface area contributed by atoms with E-state index in [2.05, 4.69) is 6.92 Å². The van der Waals surface area contributed by atoms with E-state index >= 15 is 0 Å². The first kappa shape index (κ1) is 20.6. The van der Waals surface area contributed by atoms with Crippen molar-refractivity contribution < 1.29 is 13.9 Å². The lowest BCUT2D eigenvalue weighted by molar-refractivity contribution is 0.217. The molecule has 0 saturated heterocycles. The Labute approximate surface area is 130 Å². The molecule has 1 unspecified atom stereocenters. The second-order valence-electron chi connectivity index (χ2n) is 5.95. The highest BCUT2D eigenvalue weighted by molar-refractivity contribution is 7.62. The Bertz CT molecular complexity index is 466. The Balaban J connectivity index is 0.000000486. The largest absolute Gasteiger partial charge is 0.384 e. The monoisotopic (exact) mass is 332 g/mol. The molecule has 1 aromatic carbocycles. The van der Waals surface area contributed by atoms with E-state index in [-0.39, 0.29) is 0 Å². The number of hydrogen-bond donors (Lipinski definition) is 0. The van der Waals surface area contributed by atoms with Gasteiger partial charge in [0.2, 0.25) is 0 Å². The van der Waals surface area contributed by atoms with Gasteiger partial charge in [0.15, 0.2) is 0 Å². The van der Waals surface area contributed by atoms with Crippen LogP contribution in [0.5, 0.6) is 0 Å². The van der Waals surface area contributed by atoms with Crippen molar-refractivity contribution in [3.05, 3.63) is 35.9 Å². The molecule has 3 nitrogen and oxygen atoms in total. The average Bonchev–Trinajstić information content (AvgIpc) is 2.36. The normalized spacial score (nSPS) is 14.0. The summed E-state index contributed by atoms with van der Waals surface area (Å²) >= 11 is 0. The summed E-state index contributed by atoms with van der Waals surface area (Å²) in [7, 11) is -2.08. The fraction of sp³-hybridized carbons (Fsp3) is 0.625. The number of methoxy groups -OCH3 is 1. The van der Waals surface area contributed by atoms with Gasteiger partial charge in [-0.05, 0) is 32.0 Å². The molecule has 0 fully saturated rings. The van der Waals surface area contributed by atoms with E-state index in [9.17, 15) is 9.13 Å². The van der Waals surface area contributed by atoms with Crippen LogP contribution in [0.15, 0.2) is 30.3 Å². The maximum Gasteiger partial charge on any atom is 0.0912 e. The lowest BCUT2D eigenvalue weighted by atomic mass is 10.2. The van der Waals surface area contributed by atoms with E-state index in [1.54, 1.807) is 7.11 Å². The van der Waals surface area contributed by atoms with Crippen molar-refractivity contribution in [1.82, 2.24) is 0 Å². The number of rotatable bonds is 7. The quantitative estimate of drug-likeness (QED) is 0.671. The van der Waals surface area contributed by atoms with E-state index in [1.165, 1.54) is 0 Å². The number of hydrogen-bond acceptors (Lipinski definition) is 3. The summed E-state index contributed by atoms with van der Waals surface area (Å²) < 4.78 is 27.8. The Morgan fingerprint density at radius 3 is 1.95 bits per heavy atom. The highest BCUT2D eigenvalue weighted by atomic mass is 31.2. The first-order valence-corrected chi connectivity index (χ1v) is 12.6. The Morgan fingerprint density at radius 2 is 1.57 bits per heavy atom. The maximum atomic E-state index is 12.1. The van der Waals surface area contributed by atoms with Crippen molar-refractivity contribution in [2.45, 2.75) is 19.5 Å². The molecule has 0 heterocycles. The summed E-state index contributed by atoms with van der Waals surface area (Å²) in [4.78, 5) is 0. The van der Waals surface area contributed by atoms with Gasteiger partial charge in [0.1, 0.15) is 0 Å². The van der Waals surface area contributed by atoms with Crippen LogP contribution in [-0.2, 0) is 20.0 Å². The molecular formula is C16H30O3P2. The molecule has 0 aliphatic heterocycles. The van der Waals surface area contributed by atoms with Crippen molar-refractivity contribution in [3.63, 3.8) is 0 Å². The van der Waals surface area contributed by atoms with Crippen LogP contribution >= 0.6 is 14.3 Å². The highest BCUT2D eigenvalue weighted by Gasteiger charge is 2.15. The molecule has 0 radical (unpaired) electrons. The second-order valence-corrected chi connectivity index (χ2v) is 12.9. The molecule has 0 aliphatic rings. The zero-order valence-electron chi connectivity index (χ0n) is 14.0. The molecule has 0 bridgehead atoms. The van der Waals surface area contributed by atoms with Crippen LogP contribution in [0, 0.1) is 0 Å². The molecule has 1 rings (SSSR count). The molecule has 1 aromatic rings. The predicted molar refractivity (Wildman–Crippen MR) is 95.0 cm³/mol. The van der Waals surface area contributed by atoms with Crippen molar-refractivity contribution in [3.8, 4) is 0 Å². The first-order chi connectivity index (χ1) is 9.70. The third kappa shape index (κ3) is 13.1. The van der Waals surface area contributed by atoms with Crippen LogP contribution in [0.1, 0.15) is 18.9 Å². The van der Waals surface area contributed by atoms with Gasteiger partial charge in [-0.3, -0.25) is 0 Å². The zero-order valence-corrected chi connectivity index (χ0v) is 15.8. The van der Waals surface area contributed by atoms with Gasteiger partial charge in [0.05, 0.1) is 20.9 Å². The van der Waals surface area contributed by atoms with E-state index < -0.39 is 14.3 Å². The third-order valence-electron chi connectivity index (χ3n) is 2.89. The Hall–Kier alpha value is -0.360. The fourth-order valence-electron chi connectivity index (χ4n) is 1.87. The molecule has 0 amide bonds. The van der Waals surface area contributed by atoms with E-state index in [4.69, 9.17) is 4.74 Å². The SMILES string of the molecule is CCCP(C)(C)=O.COCCP(C)(=O)Cc1ccccc1. The Morgan fingerprint density at radius 1 is 1.00 bits per heavy atom. The van der Waals surface area contributed by atoms with E-state index in [0.29, 0.717) is 18.9 Å². The van der Waals surface area contributed by atoms with E-state index in [1.807, 2.05) is 50.3 Å². The van der Waals surface area contributed by atoms with Crippen LogP contribution in [-0.4, -0.2) is 46.0 Å². The van der Waals surface area contributed by atoms with Crippen molar-refractivity contribution in [1.29, 1.82) is 0 Å². The molecule has 0 saturated carbocycles. The smallest absolute Gasteiger partial charge is 0.0912 e. The third-order valence-corrected chi connectivity index (χ3v) is 6.58. The standard InChI is InChI=1S/C11H17O2P.C5H13OP/c1-13-8-9-14(2,12)10-11-6-4-3-5-7-11;1-4-5-7(2,3)6/h3-7H,8-10H2,1-2H3;4-5H2,1-3H3. The fourth-order valence-corrected chi connectivity index (χ4v) is 4.66. The number of benzene rings is 1. The zero-order chi connectivity index (χ0) is 16.4. The molecule has 0 aliphatic carbocycles. The second kappa shape index (κ2) is 10.4. The predicted octanol–water partition coefficient (Wildman–Crippen LogP) is 4.85. The van der Waals surface area contributed by atoms with Crippen LogP contribution in [0.4, 0.5) is 0 Å². The molecule has 1 atom stereocenters. The molecular weight excluding hydrogens is 302 g/mol. The van der Waals surface area contributed by atoms with Gasteiger partial charge in [0.25, 0.3) is 0 Å². The van der Waals surface area contributed by atoms with Crippen LogP contribution in [0.25, 0.3) is 0 Å². The summed E-state index contributed by atoms with van der Waals surface area (Å²) in [6.45, 7) is 8.15. The lowest BCUT2D eigenvalue weighted by Crippen LogP contribution is -1.99. The summed E-state index contributed by atoms with van der Waals surface area (Å²) in [5.74, 6) is 0. The van der Waals surface area contributed by atoms with Gasteiger partial charge >= 0.3 is 0 Å². The summed E-state index contributed by atoms with van der Waals surface area (Å²) in [5.41, 5.74) is 1.15. The van der Waals surface area contributed by atoms with Crippen LogP contribution < -0.4 is 0 Å². The summed E-state index contributed by atoms with van der Waals surface area (Å²) in [6.07, 6.45) is 3.28. The van der Waals surface area contributed by atoms with Gasteiger partial charge in [-0.2, -0.15) is 0 Å². The average molecular weight is 332 g/mol. The van der Waals surface area contributed by atoms with Crippen molar-refractivity contribution in [2.75, 3.05) is 46.0 Å². The minimum Gasteiger partial charge on any atom is -0.384 e. The molecule has 5 heteroatoms.